The molecule has 0 bridgehead atoms. The zero-order valence-corrected chi connectivity index (χ0v) is 24.9. The first-order valence-electron chi connectivity index (χ1n) is 15.5. The van der Waals surface area contributed by atoms with Crippen molar-refractivity contribution in [2.24, 2.45) is 0 Å². The molecule has 0 radical (unpaired) electrons. The van der Waals surface area contributed by atoms with Gasteiger partial charge >= 0.3 is 6.03 Å². The van der Waals surface area contributed by atoms with Crippen LogP contribution in [0, 0.1) is 0 Å². The normalized spacial score (nSPS) is 20.9. The van der Waals surface area contributed by atoms with Crippen molar-refractivity contribution in [1.29, 1.82) is 0 Å². The number of nitrogens with zero attached hydrogens (tertiary/aromatic N) is 2. The van der Waals surface area contributed by atoms with Crippen LogP contribution in [0.3, 0.4) is 0 Å². The van der Waals surface area contributed by atoms with Gasteiger partial charge in [-0.15, -0.1) is 0 Å². The van der Waals surface area contributed by atoms with Crippen LogP contribution >= 0.6 is 0 Å². The average Bonchev–Trinajstić information content (AvgIpc) is 3.00. The van der Waals surface area contributed by atoms with Gasteiger partial charge in [-0.25, -0.2) is 4.79 Å². The summed E-state index contributed by atoms with van der Waals surface area (Å²) in [7, 11) is 0. The maximum absolute atomic E-state index is 13.6. The first-order valence-corrected chi connectivity index (χ1v) is 15.5. The van der Waals surface area contributed by atoms with Gasteiger partial charge in [-0.2, -0.15) is 0 Å². The number of carbonyl (C=O) groups is 2. The molecule has 0 unspecified atom stereocenters. The molecule has 0 aromatic heterocycles. The van der Waals surface area contributed by atoms with E-state index in [1.807, 2.05) is 0 Å². The Kier molecular flexibility index (Phi) is 12.7. The highest BCUT2D eigenvalue weighted by molar-refractivity contribution is 6.07. The van der Waals surface area contributed by atoms with Crippen molar-refractivity contribution < 1.29 is 9.59 Å². The number of rotatable bonds is 18. The molecule has 0 aliphatic carbocycles. The lowest BCUT2D eigenvalue weighted by Crippen LogP contribution is -2.69. The lowest BCUT2D eigenvalue weighted by Gasteiger charge is -2.58. The van der Waals surface area contributed by atoms with Gasteiger partial charge in [0.2, 0.25) is 0 Å². The number of unbranched alkanes of at least 4 members (excludes halogenated alkanes) is 14. The fourth-order valence-electron chi connectivity index (χ4n) is 7.08. The van der Waals surface area contributed by atoms with Crippen molar-refractivity contribution in [2.75, 3.05) is 13.1 Å². The molecule has 210 valence electrons. The number of amides is 3. The smallest absolute Gasteiger partial charge is 0.323 e. The lowest BCUT2D eigenvalue weighted by molar-refractivity contribution is -0.141. The van der Waals surface area contributed by atoms with E-state index >= 15 is 0 Å². The summed E-state index contributed by atoms with van der Waals surface area (Å²) in [4.78, 5) is 30.6. The highest BCUT2D eigenvalue weighted by Crippen LogP contribution is 2.46. The summed E-state index contributed by atoms with van der Waals surface area (Å²) in [6, 6.07) is -0.177. The number of imide groups is 1. The minimum Gasteiger partial charge on any atom is -0.323 e. The molecule has 2 aliphatic rings. The van der Waals surface area contributed by atoms with Crippen molar-refractivity contribution in [3.8, 4) is 0 Å². The number of hydrogen-bond acceptors (Lipinski definition) is 3. The number of carbonyl (C=O) groups excluding carboxylic acids is 2. The third-order valence-corrected chi connectivity index (χ3v) is 8.65. The van der Waals surface area contributed by atoms with Gasteiger partial charge in [-0.3, -0.25) is 14.6 Å². The summed E-state index contributed by atoms with van der Waals surface area (Å²) >= 11 is 0. The highest BCUT2D eigenvalue weighted by Gasteiger charge is 2.60. The van der Waals surface area contributed by atoms with Crippen LogP contribution in [0.4, 0.5) is 4.79 Å². The first kappa shape index (κ1) is 31.1. The molecule has 0 aromatic rings. The van der Waals surface area contributed by atoms with E-state index in [9.17, 15) is 9.59 Å². The first-order chi connectivity index (χ1) is 17.1. The van der Waals surface area contributed by atoms with Crippen LogP contribution in [-0.4, -0.2) is 51.4 Å². The Bertz CT molecular complexity index is 655. The Morgan fingerprint density at radius 2 is 1.00 bits per heavy atom. The molecule has 0 saturated carbocycles. The predicted molar refractivity (Wildman–Crippen MR) is 152 cm³/mol. The lowest BCUT2D eigenvalue weighted by atomic mass is 9.68. The number of hydrogen-bond donors (Lipinski definition) is 1. The molecule has 0 atom stereocenters. The molecule has 0 aromatic carbocycles. The second-order valence-electron chi connectivity index (χ2n) is 13.0. The Morgan fingerprint density at radius 1 is 0.611 bits per heavy atom. The Labute approximate surface area is 223 Å². The summed E-state index contributed by atoms with van der Waals surface area (Å²) in [5.41, 5.74) is -1.03. The second kappa shape index (κ2) is 14.7. The molecule has 3 amide bonds. The average molecular weight is 506 g/mol. The number of piperidine rings is 1. The largest absolute Gasteiger partial charge is 0.325 e. The van der Waals surface area contributed by atoms with E-state index in [0.29, 0.717) is 19.4 Å². The topological polar surface area (TPSA) is 52.7 Å². The van der Waals surface area contributed by atoms with Gasteiger partial charge < -0.3 is 5.32 Å². The van der Waals surface area contributed by atoms with E-state index in [-0.39, 0.29) is 23.0 Å². The Hall–Kier alpha value is -1.10. The van der Waals surface area contributed by atoms with Gasteiger partial charge in [-0.05, 0) is 59.9 Å². The molecular weight excluding hydrogens is 446 g/mol. The summed E-state index contributed by atoms with van der Waals surface area (Å²) in [5, 5.41) is 3.18. The van der Waals surface area contributed by atoms with Gasteiger partial charge in [0.25, 0.3) is 5.91 Å². The number of likely N-dealkylation sites (tertiary alicyclic amines) is 1. The molecule has 5 nitrogen and oxygen atoms in total. The monoisotopic (exact) mass is 505 g/mol. The maximum Gasteiger partial charge on any atom is 0.325 e. The summed E-state index contributed by atoms with van der Waals surface area (Å²) in [6.45, 7) is 15.2. The predicted octanol–water partition coefficient (Wildman–Crippen LogP) is 8.21. The molecule has 1 spiro atoms. The van der Waals surface area contributed by atoms with Crippen molar-refractivity contribution >= 4 is 11.9 Å². The van der Waals surface area contributed by atoms with Crippen LogP contribution in [0.2, 0.25) is 0 Å². The Balaban J connectivity index is 1.83. The molecule has 5 heteroatoms. The van der Waals surface area contributed by atoms with Crippen LogP contribution in [0.15, 0.2) is 0 Å². The van der Waals surface area contributed by atoms with Crippen molar-refractivity contribution in [2.45, 2.75) is 174 Å². The minimum absolute atomic E-state index is 0.0146. The van der Waals surface area contributed by atoms with Crippen LogP contribution in [-0.2, 0) is 4.79 Å². The number of urea groups is 1. The summed E-state index contributed by atoms with van der Waals surface area (Å²) in [5.74, 6) is 0.0146. The quantitative estimate of drug-likeness (QED) is 0.151. The van der Waals surface area contributed by atoms with Gasteiger partial charge in [0.05, 0.1) is 0 Å². The van der Waals surface area contributed by atoms with Gasteiger partial charge in [0, 0.05) is 17.6 Å². The second-order valence-corrected chi connectivity index (χ2v) is 13.0. The maximum atomic E-state index is 13.6. The molecule has 36 heavy (non-hydrogen) atoms. The van der Waals surface area contributed by atoms with Crippen molar-refractivity contribution in [3.63, 3.8) is 0 Å². The van der Waals surface area contributed by atoms with Gasteiger partial charge in [0.1, 0.15) is 5.54 Å². The van der Waals surface area contributed by atoms with E-state index in [4.69, 9.17) is 0 Å². The molecule has 2 rings (SSSR count). The highest BCUT2D eigenvalue weighted by atomic mass is 16.2. The van der Waals surface area contributed by atoms with Crippen LogP contribution < -0.4 is 5.32 Å². The summed E-state index contributed by atoms with van der Waals surface area (Å²) < 4.78 is 0. The fraction of sp³-hybridized carbons (Fsp3) is 0.935. The molecule has 2 saturated heterocycles. The molecule has 2 fully saturated rings. The van der Waals surface area contributed by atoms with E-state index in [1.54, 1.807) is 0 Å². The minimum atomic E-state index is -0.749. The zero-order chi connectivity index (χ0) is 26.7. The summed E-state index contributed by atoms with van der Waals surface area (Å²) in [6.07, 6.45) is 21.8. The third kappa shape index (κ3) is 8.74. The van der Waals surface area contributed by atoms with Crippen LogP contribution in [0.1, 0.15) is 157 Å². The Morgan fingerprint density at radius 3 is 1.44 bits per heavy atom. The van der Waals surface area contributed by atoms with Gasteiger partial charge in [0.15, 0.2) is 0 Å². The molecule has 2 aliphatic heterocycles. The molecule has 1 N–H and O–H groups in total. The SMILES string of the molecule is CCCCCCCCCCCCN1C(C)(C)CC2(CC1(C)C)NC(=O)N(CCCCCCCC)C2=O. The standard InChI is InChI=1S/C31H59N3O2/c1-7-9-11-13-15-16-17-18-20-22-24-34-29(3,4)25-31(26-30(34,5)6)27(35)33(28(36)32-31)23-21-19-14-12-10-8-2/h7-26H2,1-6H3,(H,32,36). The van der Waals surface area contributed by atoms with E-state index < -0.39 is 5.54 Å². The van der Waals surface area contributed by atoms with E-state index in [2.05, 4.69) is 51.8 Å². The van der Waals surface area contributed by atoms with Gasteiger partial charge in [-0.1, -0.05) is 104 Å². The third-order valence-electron chi connectivity index (χ3n) is 8.65. The fourth-order valence-corrected chi connectivity index (χ4v) is 7.08. The van der Waals surface area contributed by atoms with Crippen molar-refractivity contribution in [3.05, 3.63) is 0 Å². The van der Waals surface area contributed by atoms with E-state index in [0.717, 1.165) is 19.4 Å². The van der Waals surface area contributed by atoms with Crippen LogP contribution in [0.25, 0.3) is 0 Å². The molecular formula is C31H59N3O2. The van der Waals surface area contributed by atoms with E-state index in [1.165, 1.54) is 94.8 Å². The zero-order valence-electron chi connectivity index (χ0n) is 24.9. The van der Waals surface area contributed by atoms with Crippen LogP contribution in [0.5, 0.6) is 0 Å². The number of nitrogens with one attached hydrogen (secondary N) is 1. The molecule has 2 heterocycles. The van der Waals surface area contributed by atoms with Crippen molar-refractivity contribution in [1.82, 2.24) is 15.1 Å².